The van der Waals surface area contributed by atoms with Crippen LogP contribution in [0, 0.1) is 0 Å². The number of methoxy groups -OCH3 is 2. The Kier molecular flexibility index (Phi) is 7.48. The van der Waals surface area contributed by atoms with Crippen molar-refractivity contribution in [1.29, 1.82) is 0 Å². The topological polar surface area (TPSA) is 47.7 Å². The van der Waals surface area contributed by atoms with Gasteiger partial charge in [-0.15, -0.1) is 0 Å². The van der Waals surface area contributed by atoms with Crippen LogP contribution in [0.4, 0.5) is 5.69 Å². The lowest BCUT2D eigenvalue weighted by molar-refractivity contribution is 0.191. The van der Waals surface area contributed by atoms with Crippen LogP contribution in [0.15, 0.2) is 24.3 Å². The van der Waals surface area contributed by atoms with E-state index in [2.05, 4.69) is 29.2 Å². The second-order valence-corrected chi connectivity index (χ2v) is 4.71. The molecule has 19 heavy (non-hydrogen) atoms. The minimum Gasteiger partial charge on any atom is -0.385 e. The molecule has 0 aliphatic carbocycles. The van der Waals surface area contributed by atoms with Crippen LogP contribution in [0.2, 0.25) is 0 Å². The summed E-state index contributed by atoms with van der Waals surface area (Å²) in [4.78, 5) is 2.31. The average molecular weight is 266 g/mol. The van der Waals surface area contributed by atoms with Gasteiger partial charge in [-0.2, -0.15) is 0 Å². The first-order valence-electron chi connectivity index (χ1n) is 6.77. The van der Waals surface area contributed by atoms with Crippen LogP contribution in [0.25, 0.3) is 0 Å². The Hall–Kier alpha value is -1.10. The Bertz CT molecular complexity index is 339. The molecule has 0 saturated carbocycles. The summed E-state index contributed by atoms with van der Waals surface area (Å²) in [6, 6.07) is 8.52. The number of hydrogen-bond donors (Lipinski definition) is 1. The molecule has 0 radical (unpaired) electrons. The molecule has 0 bridgehead atoms. The summed E-state index contributed by atoms with van der Waals surface area (Å²) in [6.07, 6.45) is 1.01. The summed E-state index contributed by atoms with van der Waals surface area (Å²) in [5.41, 5.74) is 8.23. The highest BCUT2D eigenvalue weighted by atomic mass is 16.5. The van der Waals surface area contributed by atoms with Gasteiger partial charge in [0.1, 0.15) is 0 Å². The van der Waals surface area contributed by atoms with Crippen LogP contribution in [0.5, 0.6) is 0 Å². The van der Waals surface area contributed by atoms with Crippen LogP contribution in [-0.4, -0.2) is 40.5 Å². The van der Waals surface area contributed by atoms with Gasteiger partial charge in [0.05, 0.1) is 6.61 Å². The van der Waals surface area contributed by atoms with Crippen molar-refractivity contribution in [2.24, 2.45) is 5.73 Å². The third-order valence-electron chi connectivity index (χ3n) is 3.13. The van der Waals surface area contributed by atoms with E-state index in [4.69, 9.17) is 15.2 Å². The van der Waals surface area contributed by atoms with E-state index in [0.717, 1.165) is 38.3 Å². The van der Waals surface area contributed by atoms with Gasteiger partial charge in [-0.05, 0) is 31.0 Å². The molecular formula is C15H26N2O2. The van der Waals surface area contributed by atoms with E-state index in [1.807, 2.05) is 6.92 Å². The Labute approximate surface area is 116 Å². The van der Waals surface area contributed by atoms with Gasteiger partial charge < -0.3 is 20.1 Å². The molecule has 0 saturated heterocycles. The number of benzene rings is 1. The van der Waals surface area contributed by atoms with Crippen LogP contribution in [-0.2, 0) is 9.47 Å². The summed E-state index contributed by atoms with van der Waals surface area (Å²) in [5.74, 6) is 0. The van der Waals surface area contributed by atoms with Gasteiger partial charge in [-0.25, -0.2) is 0 Å². The van der Waals surface area contributed by atoms with Crippen molar-refractivity contribution in [3.63, 3.8) is 0 Å². The second kappa shape index (κ2) is 8.91. The zero-order valence-corrected chi connectivity index (χ0v) is 12.3. The first-order valence-corrected chi connectivity index (χ1v) is 6.77. The smallest absolute Gasteiger partial charge is 0.0637 e. The molecule has 2 N–H and O–H groups in total. The standard InChI is InChI=1S/C15H26N2O2/c1-13(16)14-5-7-15(8-6-14)17(10-12-19-3)9-4-11-18-2/h5-8,13H,4,9-12,16H2,1-3H3/t13-/m1/s1. The van der Waals surface area contributed by atoms with Gasteiger partial charge in [0, 0.05) is 45.6 Å². The fourth-order valence-electron chi connectivity index (χ4n) is 1.96. The van der Waals surface area contributed by atoms with Crippen LogP contribution >= 0.6 is 0 Å². The molecule has 0 fully saturated rings. The maximum Gasteiger partial charge on any atom is 0.0637 e. The zero-order valence-electron chi connectivity index (χ0n) is 12.3. The summed E-state index contributed by atoms with van der Waals surface area (Å²) >= 11 is 0. The molecule has 0 heterocycles. The molecule has 0 aromatic heterocycles. The molecule has 4 heteroatoms. The first kappa shape index (κ1) is 16.0. The van der Waals surface area contributed by atoms with Gasteiger partial charge >= 0.3 is 0 Å². The van der Waals surface area contributed by atoms with E-state index < -0.39 is 0 Å². The predicted octanol–water partition coefficient (Wildman–Crippen LogP) is 2.20. The van der Waals surface area contributed by atoms with E-state index in [0.29, 0.717) is 0 Å². The van der Waals surface area contributed by atoms with Crippen molar-refractivity contribution >= 4 is 5.69 Å². The van der Waals surface area contributed by atoms with Crippen LogP contribution in [0.1, 0.15) is 24.9 Å². The number of ether oxygens (including phenoxy) is 2. The molecule has 0 spiro atoms. The Morgan fingerprint density at radius 1 is 1.05 bits per heavy atom. The molecule has 0 unspecified atom stereocenters. The predicted molar refractivity (Wildman–Crippen MR) is 79.6 cm³/mol. The summed E-state index contributed by atoms with van der Waals surface area (Å²) in [5, 5.41) is 0. The molecular weight excluding hydrogens is 240 g/mol. The van der Waals surface area contributed by atoms with Crippen molar-refractivity contribution in [3.8, 4) is 0 Å². The summed E-state index contributed by atoms with van der Waals surface area (Å²) in [7, 11) is 3.46. The fourth-order valence-corrected chi connectivity index (χ4v) is 1.96. The Morgan fingerprint density at radius 2 is 1.68 bits per heavy atom. The van der Waals surface area contributed by atoms with E-state index in [1.54, 1.807) is 14.2 Å². The lowest BCUT2D eigenvalue weighted by Gasteiger charge is -2.25. The molecule has 0 amide bonds. The highest BCUT2D eigenvalue weighted by Crippen LogP contribution is 2.18. The average Bonchev–Trinajstić information content (AvgIpc) is 2.43. The third kappa shape index (κ3) is 5.59. The number of nitrogens with zero attached hydrogens (tertiary/aromatic N) is 1. The van der Waals surface area contributed by atoms with Gasteiger partial charge in [-0.3, -0.25) is 0 Å². The molecule has 4 nitrogen and oxygen atoms in total. The molecule has 1 rings (SSSR count). The Balaban J connectivity index is 2.66. The van der Waals surface area contributed by atoms with E-state index in [1.165, 1.54) is 5.69 Å². The second-order valence-electron chi connectivity index (χ2n) is 4.71. The number of nitrogens with two attached hydrogens (primary N) is 1. The van der Waals surface area contributed by atoms with Crippen LogP contribution < -0.4 is 10.6 Å². The largest absolute Gasteiger partial charge is 0.385 e. The summed E-state index contributed by atoms with van der Waals surface area (Å²) in [6.45, 7) is 5.35. The quantitative estimate of drug-likeness (QED) is 0.696. The molecule has 1 aromatic carbocycles. The zero-order chi connectivity index (χ0) is 14.1. The monoisotopic (exact) mass is 266 g/mol. The highest BCUT2D eigenvalue weighted by Gasteiger charge is 2.07. The normalized spacial score (nSPS) is 12.4. The van der Waals surface area contributed by atoms with Crippen LogP contribution in [0.3, 0.4) is 0 Å². The molecule has 108 valence electrons. The summed E-state index contributed by atoms with van der Waals surface area (Å²) < 4.78 is 10.3. The van der Waals surface area contributed by atoms with E-state index in [9.17, 15) is 0 Å². The molecule has 0 aliphatic heterocycles. The highest BCUT2D eigenvalue weighted by molar-refractivity contribution is 5.48. The lowest BCUT2D eigenvalue weighted by Crippen LogP contribution is -2.29. The fraction of sp³-hybridized carbons (Fsp3) is 0.600. The van der Waals surface area contributed by atoms with Crippen molar-refractivity contribution in [3.05, 3.63) is 29.8 Å². The number of hydrogen-bond acceptors (Lipinski definition) is 4. The van der Waals surface area contributed by atoms with Gasteiger partial charge in [0.25, 0.3) is 0 Å². The lowest BCUT2D eigenvalue weighted by atomic mass is 10.1. The van der Waals surface area contributed by atoms with Gasteiger partial charge in [0.2, 0.25) is 0 Å². The minimum atomic E-state index is 0.0787. The van der Waals surface area contributed by atoms with Crippen molar-refractivity contribution in [1.82, 2.24) is 0 Å². The van der Waals surface area contributed by atoms with Gasteiger partial charge in [0.15, 0.2) is 0 Å². The van der Waals surface area contributed by atoms with E-state index in [-0.39, 0.29) is 6.04 Å². The minimum absolute atomic E-state index is 0.0787. The van der Waals surface area contributed by atoms with Crippen molar-refractivity contribution < 1.29 is 9.47 Å². The molecule has 1 atom stereocenters. The van der Waals surface area contributed by atoms with E-state index >= 15 is 0 Å². The molecule has 1 aromatic rings. The molecule has 0 aliphatic rings. The van der Waals surface area contributed by atoms with Crippen molar-refractivity contribution in [2.45, 2.75) is 19.4 Å². The van der Waals surface area contributed by atoms with Crippen molar-refractivity contribution in [2.75, 3.05) is 45.4 Å². The SMILES string of the molecule is COCCCN(CCOC)c1ccc([C@@H](C)N)cc1. The maximum atomic E-state index is 5.87. The maximum absolute atomic E-state index is 5.87. The Morgan fingerprint density at radius 3 is 2.21 bits per heavy atom. The third-order valence-corrected chi connectivity index (χ3v) is 3.13. The number of anilines is 1. The first-order chi connectivity index (χ1) is 9.19. The number of rotatable bonds is 9. The van der Waals surface area contributed by atoms with Gasteiger partial charge in [-0.1, -0.05) is 12.1 Å².